The molecule has 0 radical (unpaired) electrons. The second kappa shape index (κ2) is 8.00. The Kier molecular flexibility index (Phi) is 4.62. The van der Waals surface area contributed by atoms with Gasteiger partial charge in [-0.1, -0.05) is 41.9 Å². The molecular weight excluding hydrogens is 474 g/mol. The minimum atomic E-state index is -0.198. The smallest absolute Gasteiger partial charge is 0.230 e. The molecule has 9 heteroatoms. The topological polar surface area (TPSA) is 83.0 Å². The minimum Gasteiger partial charge on any atom is -0.420 e. The number of nitrogens with zero attached hydrogens (tertiary/aromatic N) is 7. The maximum absolute atomic E-state index is 6.45. The summed E-state index contributed by atoms with van der Waals surface area (Å²) in [5, 5.41) is 10.2. The molecule has 0 fully saturated rings. The largest absolute Gasteiger partial charge is 0.420 e. The Hall–Kier alpha value is -4.56. The fourth-order valence-electron chi connectivity index (χ4n) is 4.74. The molecule has 6 aromatic rings. The highest BCUT2D eigenvalue weighted by Gasteiger charge is 2.38. The summed E-state index contributed by atoms with van der Waals surface area (Å²) in [5.74, 6) is 1.50. The SMILES string of the molecule is Cc1nn(-c2ccc(Cl)cc2)c2c1[C@H](c1ccccc1)c1c(ncn3nc(-c4ccncc4)nc13)O2. The van der Waals surface area contributed by atoms with Crippen molar-refractivity contribution in [1.82, 2.24) is 34.3 Å². The summed E-state index contributed by atoms with van der Waals surface area (Å²) in [7, 11) is 0. The van der Waals surface area contributed by atoms with Crippen LogP contribution >= 0.6 is 11.6 Å². The Morgan fingerprint density at radius 2 is 1.67 bits per heavy atom. The standard InChI is InChI=1S/C27H18ClN7O/c1-16-21-22(17-5-3-2-4-6-17)23-25-31-24(18-11-13-29-14-12-18)33-34(25)15-30-26(23)36-27(21)35(32-16)20-9-7-19(28)8-10-20/h2-15,22H,1H3/t22-/m0/s1. The summed E-state index contributed by atoms with van der Waals surface area (Å²) < 4.78 is 9.96. The third-order valence-corrected chi connectivity index (χ3v) is 6.61. The van der Waals surface area contributed by atoms with E-state index in [0.29, 0.717) is 28.3 Å². The predicted octanol–water partition coefficient (Wildman–Crippen LogP) is 5.62. The van der Waals surface area contributed by atoms with Crippen molar-refractivity contribution in [1.29, 1.82) is 0 Å². The Balaban J connectivity index is 1.48. The van der Waals surface area contributed by atoms with Crippen molar-refractivity contribution in [2.45, 2.75) is 12.8 Å². The number of rotatable bonds is 3. The van der Waals surface area contributed by atoms with Crippen LogP contribution in [0.5, 0.6) is 11.8 Å². The molecule has 0 N–H and O–H groups in total. The van der Waals surface area contributed by atoms with Gasteiger partial charge in [-0.2, -0.15) is 5.10 Å². The first kappa shape index (κ1) is 20.8. The molecule has 174 valence electrons. The van der Waals surface area contributed by atoms with Gasteiger partial charge in [-0.25, -0.2) is 19.2 Å². The average Bonchev–Trinajstić information content (AvgIpc) is 3.50. The molecule has 0 aliphatic carbocycles. The number of ether oxygens (including phenoxy) is 1. The summed E-state index contributed by atoms with van der Waals surface area (Å²) in [5.41, 5.74) is 6.17. The first-order valence-corrected chi connectivity index (χ1v) is 11.8. The van der Waals surface area contributed by atoms with Crippen LogP contribution in [-0.2, 0) is 0 Å². The molecule has 0 bridgehead atoms. The molecule has 1 aliphatic heterocycles. The molecule has 7 rings (SSSR count). The highest BCUT2D eigenvalue weighted by molar-refractivity contribution is 6.30. The van der Waals surface area contributed by atoms with E-state index in [1.54, 1.807) is 27.9 Å². The van der Waals surface area contributed by atoms with Crippen molar-refractivity contribution in [2.24, 2.45) is 0 Å². The zero-order valence-electron chi connectivity index (χ0n) is 19.1. The number of benzene rings is 2. The second-order valence-corrected chi connectivity index (χ2v) is 8.98. The number of halogens is 1. The van der Waals surface area contributed by atoms with Gasteiger partial charge in [0.2, 0.25) is 11.8 Å². The molecule has 1 aliphatic rings. The highest BCUT2D eigenvalue weighted by atomic mass is 35.5. The molecule has 36 heavy (non-hydrogen) atoms. The molecule has 4 aromatic heterocycles. The quantitative estimate of drug-likeness (QED) is 0.319. The molecule has 0 saturated carbocycles. The minimum absolute atomic E-state index is 0.198. The maximum Gasteiger partial charge on any atom is 0.230 e. The first-order chi connectivity index (χ1) is 17.7. The van der Waals surface area contributed by atoms with Gasteiger partial charge < -0.3 is 4.74 Å². The predicted molar refractivity (Wildman–Crippen MR) is 135 cm³/mol. The summed E-state index contributed by atoms with van der Waals surface area (Å²) in [6, 6.07) is 21.6. The van der Waals surface area contributed by atoms with Crippen LogP contribution in [0.2, 0.25) is 5.02 Å². The lowest BCUT2D eigenvalue weighted by Gasteiger charge is -2.26. The molecule has 8 nitrogen and oxygen atoms in total. The van der Waals surface area contributed by atoms with Gasteiger partial charge in [-0.05, 0) is 48.9 Å². The third-order valence-electron chi connectivity index (χ3n) is 6.36. The van der Waals surface area contributed by atoms with E-state index in [9.17, 15) is 0 Å². The zero-order valence-corrected chi connectivity index (χ0v) is 19.8. The number of pyridine rings is 1. The van der Waals surface area contributed by atoms with Crippen LogP contribution in [0.15, 0.2) is 85.5 Å². The van der Waals surface area contributed by atoms with E-state index in [-0.39, 0.29) is 5.92 Å². The van der Waals surface area contributed by atoms with Crippen molar-refractivity contribution >= 4 is 17.2 Å². The van der Waals surface area contributed by atoms with Gasteiger partial charge >= 0.3 is 0 Å². The molecule has 2 aromatic carbocycles. The van der Waals surface area contributed by atoms with E-state index in [4.69, 9.17) is 26.4 Å². The van der Waals surface area contributed by atoms with E-state index in [2.05, 4.69) is 27.2 Å². The maximum atomic E-state index is 6.45. The van der Waals surface area contributed by atoms with Crippen molar-refractivity contribution in [3.8, 4) is 28.8 Å². The van der Waals surface area contributed by atoms with Gasteiger partial charge in [0.1, 0.15) is 6.33 Å². The van der Waals surface area contributed by atoms with E-state index < -0.39 is 0 Å². The molecule has 0 spiro atoms. The van der Waals surface area contributed by atoms with Crippen LogP contribution in [0.4, 0.5) is 0 Å². The van der Waals surface area contributed by atoms with Crippen molar-refractivity contribution in [3.63, 3.8) is 0 Å². The Morgan fingerprint density at radius 1 is 0.889 bits per heavy atom. The van der Waals surface area contributed by atoms with Crippen LogP contribution in [0.25, 0.3) is 22.7 Å². The fourth-order valence-corrected chi connectivity index (χ4v) is 4.86. The monoisotopic (exact) mass is 491 g/mol. The van der Waals surface area contributed by atoms with Gasteiger partial charge in [-0.3, -0.25) is 4.98 Å². The van der Waals surface area contributed by atoms with Gasteiger partial charge in [0, 0.05) is 23.0 Å². The van der Waals surface area contributed by atoms with Crippen molar-refractivity contribution in [2.75, 3.05) is 0 Å². The normalized spacial score (nSPS) is 14.3. The van der Waals surface area contributed by atoms with Crippen LogP contribution in [0.3, 0.4) is 0 Å². The lowest BCUT2D eigenvalue weighted by molar-refractivity contribution is 0.402. The van der Waals surface area contributed by atoms with Gasteiger partial charge in [-0.15, -0.1) is 5.10 Å². The molecular formula is C27H18ClN7O. The van der Waals surface area contributed by atoms with Crippen LogP contribution in [-0.4, -0.2) is 34.3 Å². The highest BCUT2D eigenvalue weighted by Crippen LogP contribution is 2.49. The number of aromatic nitrogens is 7. The number of hydrogen-bond donors (Lipinski definition) is 0. The average molecular weight is 492 g/mol. The summed E-state index contributed by atoms with van der Waals surface area (Å²) >= 11 is 6.13. The lowest BCUT2D eigenvalue weighted by atomic mass is 9.84. The van der Waals surface area contributed by atoms with Gasteiger partial charge in [0.05, 0.1) is 28.4 Å². The van der Waals surface area contributed by atoms with E-state index >= 15 is 0 Å². The van der Waals surface area contributed by atoms with E-state index in [1.165, 1.54) is 0 Å². The second-order valence-electron chi connectivity index (χ2n) is 8.54. The molecule has 0 amide bonds. The van der Waals surface area contributed by atoms with Crippen molar-refractivity contribution in [3.05, 3.63) is 113 Å². The Morgan fingerprint density at radius 3 is 2.44 bits per heavy atom. The van der Waals surface area contributed by atoms with E-state index in [0.717, 1.165) is 33.6 Å². The van der Waals surface area contributed by atoms with Gasteiger partial charge in [0.25, 0.3) is 0 Å². The zero-order chi connectivity index (χ0) is 24.2. The molecule has 5 heterocycles. The summed E-state index contributed by atoms with van der Waals surface area (Å²) in [4.78, 5) is 13.7. The van der Waals surface area contributed by atoms with Crippen LogP contribution in [0.1, 0.15) is 28.3 Å². The van der Waals surface area contributed by atoms with Gasteiger partial charge in [0.15, 0.2) is 11.5 Å². The lowest BCUT2D eigenvalue weighted by Crippen LogP contribution is -2.16. The Bertz CT molecular complexity index is 1730. The first-order valence-electron chi connectivity index (χ1n) is 11.4. The summed E-state index contributed by atoms with van der Waals surface area (Å²) in [6.07, 6.45) is 5.09. The molecule has 1 atom stereocenters. The van der Waals surface area contributed by atoms with Crippen molar-refractivity contribution < 1.29 is 4.74 Å². The fraction of sp³-hybridized carbons (Fsp3) is 0.0741. The van der Waals surface area contributed by atoms with Crippen LogP contribution in [0, 0.1) is 6.92 Å². The Labute approximate surface area is 210 Å². The third kappa shape index (κ3) is 3.19. The number of hydrogen-bond acceptors (Lipinski definition) is 6. The number of fused-ring (bicyclic) bond motifs is 4. The number of aryl methyl sites for hydroxylation is 1. The van der Waals surface area contributed by atoms with Crippen LogP contribution < -0.4 is 4.74 Å². The molecule has 0 saturated heterocycles. The van der Waals surface area contributed by atoms with E-state index in [1.807, 2.05) is 61.5 Å². The summed E-state index contributed by atoms with van der Waals surface area (Å²) in [6.45, 7) is 2.00. The molecule has 0 unspecified atom stereocenters.